The number of benzene rings is 1. The molecule has 1 aliphatic carbocycles. The number of halogens is 1. The molecule has 0 spiro atoms. The van der Waals surface area contributed by atoms with Crippen molar-refractivity contribution in [3.8, 4) is 11.4 Å². The second-order valence-corrected chi connectivity index (χ2v) is 5.29. The lowest BCUT2D eigenvalue weighted by molar-refractivity contribution is -0.123. The standard InChI is InChI=1S/C14H17N5O.ClH/c1-9-16-12(19-18-9)10-4-2-5-11(8-10)17-13(20)14(15)6-3-7-14;/h2,4-5,8H,3,6-7,15H2,1H3,(H,17,20)(H,16,18,19);1H. The van der Waals surface area contributed by atoms with Crippen molar-refractivity contribution in [3.05, 3.63) is 30.1 Å². The van der Waals surface area contributed by atoms with Gasteiger partial charge in [0.1, 0.15) is 5.82 Å². The summed E-state index contributed by atoms with van der Waals surface area (Å²) in [7, 11) is 0. The summed E-state index contributed by atoms with van der Waals surface area (Å²) in [6.45, 7) is 1.84. The summed E-state index contributed by atoms with van der Waals surface area (Å²) in [6.07, 6.45) is 2.51. The molecule has 1 aromatic heterocycles. The van der Waals surface area contributed by atoms with E-state index in [1.807, 2.05) is 31.2 Å². The summed E-state index contributed by atoms with van der Waals surface area (Å²) in [5.74, 6) is 1.25. The quantitative estimate of drug-likeness (QED) is 0.808. The molecule has 6 nitrogen and oxygen atoms in total. The molecule has 1 aromatic carbocycles. The molecule has 0 aliphatic heterocycles. The van der Waals surface area contributed by atoms with E-state index < -0.39 is 5.54 Å². The number of nitrogens with one attached hydrogen (secondary N) is 2. The number of anilines is 1. The van der Waals surface area contributed by atoms with Crippen LogP contribution in [0.4, 0.5) is 5.69 Å². The first-order valence-corrected chi connectivity index (χ1v) is 6.67. The van der Waals surface area contributed by atoms with E-state index >= 15 is 0 Å². The third kappa shape index (κ3) is 3.06. The van der Waals surface area contributed by atoms with Crippen molar-refractivity contribution in [2.45, 2.75) is 31.7 Å². The van der Waals surface area contributed by atoms with Gasteiger partial charge in [-0.25, -0.2) is 4.98 Å². The van der Waals surface area contributed by atoms with Gasteiger partial charge in [-0.2, -0.15) is 5.10 Å². The molecule has 0 radical (unpaired) electrons. The highest BCUT2D eigenvalue weighted by atomic mass is 35.5. The number of carbonyl (C=O) groups is 1. The predicted molar refractivity (Wildman–Crippen MR) is 83.2 cm³/mol. The largest absolute Gasteiger partial charge is 0.324 e. The maximum Gasteiger partial charge on any atom is 0.244 e. The normalized spacial score (nSPS) is 15.7. The van der Waals surface area contributed by atoms with Crippen LogP contribution in [0.5, 0.6) is 0 Å². The van der Waals surface area contributed by atoms with Gasteiger partial charge in [-0.3, -0.25) is 9.89 Å². The summed E-state index contributed by atoms with van der Waals surface area (Å²) < 4.78 is 0. The lowest BCUT2D eigenvalue weighted by atomic mass is 9.77. The lowest BCUT2D eigenvalue weighted by Gasteiger charge is -2.36. The van der Waals surface area contributed by atoms with Gasteiger partial charge in [0, 0.05) is 11.3 Å². The van der Waals surface area contributed by atoms with Crippen molar-refractivity contribution < 1.29 is 4.79 Å². The number of amides is 1. The summed E-state index contributed by atoms with van der Waals surface area (Å²) in [4.78, 5) is 16.4. The van der Waals surface area contributed by atoms with Crippen LogP contribution in [0.2, 0.25) is 0 Å². The maximum atomic E-state index is 12.1. The van der Waals surface area contributed by atoms with Crippen LogP contribution in [-0.2, 0) is 4.79 Å². The van der Waals surface area contributed by atoms with E-state index in [1.54, 1.807) is 0 Å². The number of aromatic amines is 1. The molecule has 0 atom stereocenters. The number of aromatic nitrogens is 3. The molecule has 1 fully saturated rings. The van der Waals surface area contributed by atoms with Crippen LogP contribution in [0, 0.1) is 6.92 Å². The molecular weight excluding hydrogens is 290 g/mol. The van der Waals surface area contributed by atoms with Crippen LogP contribution in [-0.4, -0.2) is 26.6 Å². The Morgan fingerprint density at radius 2 is 2.19 bits per heavy atom. The minimum absolute atomic E-state index is 0. The average Bonchev–Trinajstić information content (AvgIpc) is 2.83. The number of rotatable bonds is 3. The number of nitrogens with zero attached hydrogens (tertiary/aromatic N) is 2. The fraction of sp³-hybridized carbons (Fsp3) is 0.357. The Labute approximate surface area is 128 Å². The topological polar surface area (TPSA) is 96.7 Å². The van der Waals surface area contributed by atoms with Crippen LogP contribution in [0.25, 0.3) is 11.4 Å². The number of hydrogen-bond donors (Lipinski definition) is 3. The summed E-state index contributed by atoms with van der Waals surface area (Å²) >= 11 is 0. The fourth-order valence-electron chi connectivity index (χ4n) is 2.25. The molecule has 0 saturated heterocycles. The molecule has 0 unspecified atom stereocenters. The molecule has 112 valence electrons. The van der Waals surface area contributed by atoms with Crippen LogP contribution in [0.1, 0.15) is 25.1 Å². The van der Waals surface area contributed by atoms with Crippen LogP contribution in [0.15, 0.2) is 24.3 Å². The zero-order chi connectivity index (χ0) is 14.2. The maximum absolute atomic E-state index is 12.1. The Morgan fingerprint density at radius 1 is 1.43 bits per heavy atom. The van der Waals surface area contributed by atoms with E-state index in [0.717, 1.165) is 30.7 Å². The molecule has 2 aromatic rings. The second-order valence-electron chi connectivity index (χ2n) is 5.29. The Hall–Kier alpha value is -1.92. The van der Waals surface area contributed by atoms with E-state index in [9.17, 15) is 4.79 Å². The van der Waals surface area contributed by atoms with Gasteiger partial charge in [-0.15, -0.1) is 12.4 Å². The Balaban J connectivity index is 0.00000161. The summed E-state index contributed by atoms with van der Waals surface area (Å²) in [5, 5.41) is 9.78. The van der Waals surface area contributed by atoms with E-state index in [2.05, 4.69) is 20.5 Å². The van der Waals surface area contributed by atoms with Crippen LogP contribution >= 0.6 is 12.4 Å². The zero-order valence-corrected chi connectivity index (χ0v) is 12.5. The van der Waals surface area contributed by atoms with E-state index in [4.69, 9.17) is 5.73 Å². The van der Waals surface area contributed by atoms with Gasteiger partial charge in [0.05, 0.1) is 5.54 Å². The first-order chi connectivity index (χ1) is 9.57. The van der Waals surface area contributed by atoms with Crippen molar-refractivity contribution in [3.63, 3.8) is 0 Å². The van der Waals surface area contributed by atoms with Crippen LogP contribution < -0.4 is 11.1 Å². The van der Waals surface area contributed by atoms with Crippen molar-refractivity contribution in [1.82, 2.24) is 15.2 Å². The molecule has 1 aliphatic rings. The predicted octanol–water partition coefficient (Wildman–Crippen LogP) is 2.02. The second kappa shape index (κ2) is 5.83. The van der Waals surface area contributed by atoms with Crippen molar-refractivity contribution in [2.24, 2.45) is 5.73 Å². The molecule has 3 rings (SSSR count). The fourth-order valence-corrected chi connectivity index (χ4v) is 2.25. The first-order valence-electron chi connectivity index (χ1n) is 6.67. The van der Waals surface area contributed by atoms with E-state index in [0.29, 0.717) is 11.5 Å². The average molecular weight is 308 g/mol. The van der Waals surface area contributed by atoms with Crippen molar-refractivity contribution in [2.75, 3.05) is 5.32 Å². The van der Waals surface area contributed by atoms with Gasteiger partial charge < -0.3 is 11.1 Å². The van der Waals surface area contributed by atoms with Gasteiger partial charge >= 0.3 is 0 Å². The highest BCUT2D eigenvalue weighted by molar-refractivity contribution is 5.98. The molecule has 1 saturated carbocycles. The molecule has 0 bridgehead atoms. The van der Waals surface area contributed by atoms with Gasteiger partial charge in [0.15, 0.2) is 5.82 Å². The van der Waals surface area contributed by atoms with Crippen LogP contribution in [0.3, 0.4) is 0 Å². The third-order valence-corrected chi connectivity index (χ3v) is 3.67. The molecule has 21 heavy (non-hydrogen) atoms. The van der Waals surface area contributed by atoms with Crippen molar-refractivity contribution >= 4 is 24.0 Å². The number of aryl methyl sites for hydroxylation is 1. The van der Waals surface area contributed by atoms with Gasteiger partial charge in [-0.05, 0) is 38.3 Å². The Bertz CT molecular complexity index is 650. The first kappa shape index (κ1) is 15.5. The highest BCUT2D eigenvalue weighted by Gasteiger charge is 2.40. The van der Waals surface area contributed by atoms with E-state index in [-0.39, 0.29) is 18.3 Å². The highest BCUT2D eigenvalue weighted by Crippen LogP contribution is 2.30. The lowest BCUT2D eigenvalue weighted by Crippen LogP contribution is -2.56. The minimum Gasteiger partial charge on any atom is -0.324 e. The van der Waals surface area contributed by atoms with Gasteiger partial charge in [0.25, 0.3) is 0 Å². The smallest absolute Gasteiger partial charge is 0.244 e. The molecular formula is C14H18ClN5O. The van der Waals surface area contributed by atoms with Gasteiger partial charge in [-0.1, -0.05) is 12.1 Å². The Morgan fingerprint density at radius 3 is 2.76 bits per heavy atom. The number of H-pyrrole nitrogens is 1. The molecule has 1 amide bonds. The minimum atomic E-state index is -0.697. The SMILES string of the molecule is Cc1nc(-c2cccc(NC(=O)C3(N)CCC3)c2)n[nH]1.Cl. The molecule has 7 heteroatoms. The summed E-state index contributed by atoms with van der Waals surface area (Å²) in [5.41, 5.74) is 6.88. The molecule has 1 heterocycles. The third-order valence-electron chi connectivity index (χ3n) is 3.67. The molecule has 4 N–H and O–H groups in total. The Kier molecular flexibility index (Phi) is 4.29. The zero-order valence-electron chi connectivity index (χ0n) is 11.7. The summed E-state index contributed by atoms with van der Waals surface area (Å²) in [6, 6.07) is 7.45. The number of nitrogens with two attached hydrogens (primary N) is 1. The number of hydrogen-bond acceptors (Lipinski definition) is 4. The van der Waals surface area contributed by atoms with E-state index in [1.165, 1.54) is 0 Å². The number of carbonyl (C=O) groups excluding carboxylic acids is 1. The van der Waals surface area contributed by atoms with Crippen molar-refractivity contribution in [1.29, 1.82) is 0 Å². The monoisotopic (exact) mass is 307 g/mol. The van der Waals surface area contributed by atoms with Gasteiger partial charge in [0.2, 0.25) is 5.91 Å².